The third kappa shape index (κ3) is 5.27. The van der Waals surface area contributed by atoms with Crippen molar-refractivity contribution in [2.24, 2.45) is 0 Å². The number of carbonyl (C=O) groups excluding carboxylic acids is 1. The van der Waals surface area contributed by atoms with E-state index in [2.05, 4.69) is 38.9 Å². The molecular formula is C12H17BrN2O2S. The number of pyridine rings is 1. The van der Waals surface area contributed by atoms with Gasteiger partial charge in [-0.2, -0.15) is 12.6 Å². The van der Waals surface area contributed by atoms with Crippen LogP contribution in [0.1, 0.15) is 20.3 Å². The van der Waals surface area contributed by atoms with Crippen molar-refractivity contribution in [2.75, 3.05) is 12.4 Å². The van der Waals surface area contributed by atoms with E-state index in [4.69, 9.17) is 4.74 Å². The van der Waals surface area contributed by atoms with Gasteiger partial charge in [0.1, 0.15) is 6.61 Å². The minimum absolute atomic E-state index is 0.0290. The molecule has 4 nitrogen and oxygen atoms in total. The van der Waals surface area contributed by atoms with Gasteiger partial charge in [0.2, 0.25) is 11.8 Å². The van der Waals surface area contributed by atoms with Crippen molar-refractivity contribution in [2.45, 2.75) is 25.8 Å². The fourth-order valence-electron chi connectivity index (χ4n) is 1.30. The number of rotatable bonds is 6. The van der Waals surface area contributed by atoms with Gasteiger partial charge in [0, 0.05) is 12.6 Å². The molecule has 0 aliphatic rings. The number of hydrogen-bond donors (Lipinski definition) is 2. The molecular weight excluding hydrogens is 316 g/mol. The first kappa shape index (κ1) is 15.3. The molecule has 1 heterocycles. The molecule has 0 aliphatic heterocycles. The van der Waals surface area contributed by atoms with Gasteiger partial charge in [-0.25, -0.2) is 4.98 Å². The number of thiol groups is 1. The lowest BCUT2D eigenvalue weighted by molar-refractivity contribution is -0.122. The first-order valence-corrected chi connectivity index (χ1v) is 7.02. The standard InChI is InChI=1S/C12H17BrN2O2S/c1-12(2,15-10(16)5-7-18)8-17-11-9(13)4-3-6-14-11/h3-4,6,18H,5,7-8H2,1-2H3,(H,15,16). The van der Waals surface area contributed by atoms with E-state index in [0.29, 0.717) is 24.7 Å². The predicted molar refractivity (Wildman–Crippen MR) is 78.1 cm³/mol. The Bertz CT molecular complexity index is 413. The molecule has 100 valence electrons. The lowest BCUT2D eigenvalue weighted by atomic mass is 10.1. The SMILES string of the molecule is CC(C)(COc1ncccc1Br)NC(=O)CCS. The van der Waals surface area contributed by atoms with E-state index in [1.165, 1.54) is 0 Å². The van der Waals surface area contributed by atoms with Crippen molar-refractivity contribution in [3.63, 3.8) is 0 Å². The van der Waals surface area contributed by atoms with E-state index in [1.54, 1.807) is 6.20 Å². The Morgan fingerprint density at radius 3 is 2.94 bits per heavy atom. The van der Waals surface area contributed by atoms with E-state index >= 15 is 0 Å². The van der Waals surface area contributed by atoms with E-state index < -0.39 is 5.54 Å². The maximum atomic E-state index is 11.5. The second kappa shape index (κ2) is 6.99. The van der Waals surface area contributed by atoms with Gasteiger partial charge >= 0.3 is 0 Å². The largest absolute Gasteiger partial charge is 0.474 e. The van der Waals surface area contributed by atoms with Crippen LogP contribution in [0.5, 0.6) is 5.88 Å². The normalized spacial score (nSPS) is 11.1. The van der Waals surface area contributed by atoms with Gasteiger partial charge in [0.25, 0.3) is 0 Å². The lowest BCUT2D eigenvalue weighted by Crippen LogP contribution is -2.48. The highest BCUT2D eigenvalue weighted by Crippen LogP contribution is 2.21. The number of amides is 1. The Morgan fingerprint density at radius 2 is 2.33 bits per heavy atom. The molecule has 6 heteroatoms. The Balaban J connectivity index is 2.51. The Kier molecular flexibility index (Phi) is 5.95. The molecule has 0 saturated carbocycles. The highest BCUT2D eigenvalue weighted by Gasteiger charge is 2.21. The highest BCUT2D eigenvalue weighted by molar-refractivity contribution is 9.10. The maximum absolute atomic E-state index is 11.5. The van der Waals surface area contributed by atoms with Crippen LogP contribution in [0.3, 0.4) is 0 Å². The fraction of sp³-hybridized carbons (Fsp3) is 0.500. The molecule has 0 fully saturated rings. The minimum atomic E-state index is -0.447. The summed E-state index contributed by atoms with van der Waals surface area (Å²) in [6.45, 7) is 4.15. The van der Waals surface area contributed by atoms with Crippen LogP contribution >= 0.6 is 28.6 Å². The molecule has 0 aromatic carbocycles. The van der Waals surface area contributed by atoms with Crippen LogP contribution in [0.2, 0.25) is 0 Å². The molecule has 0 spiro atoms. The predicted octanol–water partition coefficient (Wildman–Crippen LogP) is 2.44. The van der Waals surface area contributed by atoms with E-state index in [0.717, 1.165) is 4.47 Å². The number of hydrogen-bond acceptors (Lipinski definition) is 4. The molecule has 1 rings (SSSR count). The molecule has 1 N–H and O–H groups in total. The number of nitrogens with one attached hydrogen (secondary N) is 1. The quantitative estimate of drug-likeness (QED) is 0.786. The average Bonchev–Trinajstić information content (AvgIpc) is 2.27. The van der Waals surface area contributed by atoms with Crippen molar-refractivity contribution in [1.82, 2.24) is 10.3 Å². The first-order valence-electron chi connectivity index (χ1n) is 5.60. The maximum Gasteiger partial charge on any atom is 0.228 e. The molecule has 0 atom stereocenters. The second-order valence-electron chi connectivity index (χ2n) is 4.48. The number of nitrogens with zero attached hydrogens (tertiary/aromatic N) is 1. The van der Waals surface area contributed by atoms with Gasteiger partial charge < -0.3 is 10.1 Å². The zero-order valence-electron chi connectivity index (χ0n) is 10.4. The highest BCUT2D eigenvalue weighted by atomic mass is 79.9. The van der Waals surface area contributed by atoms with Gasteiger partial charge in [-0.1, -0.05) is 0 Å². The van der Waals surface area contributed by atoms with Crippen LogP contribution in [0.4, 0.5) is 0 Å². The average molecular weight is 333 g/mol. The number of halogens is 1. The lowest BCUT2D eigenvalue weighted by Gasteiger charge is -2.26. The van der Waals surface area contributed by atoms with Gasteiger partial charge in [-0.05, 0) is 47.7 Å². The van der Waals surface area contributed by atoms with Gasteiger partial charge in [-0.15, -0.1) is 0 Å². The molecule has 0 bridgehead atoms. The summed E-state index contributed by atoms with van der Waals surface area (Å²) in [6.07, 6.45) is 2.06. The summed E-state index contributed by atoms with van der Waals surface area (Å²) in [5.74, 6) is 1.03. The summed E-state index contributed by atoms with van der Waals surface area (Å²) in [6, 6.07) is 3.67. The van der Waals surface area contributed by atoms with Crippen LogP contribution < -0.4 is 10.1 Å². The monoisotopic (exact) mass is 332 g/mol. The summed E-state index contributed by atoms with van der Waals surface area (Å²) < 4.78 is 6.38. The van der Waals surface area contributed by atoms with Gasteiger partial charge in [-0.3, -0.25) is 4.79 Å². The molecule has 0 radical (unpaired) electrons. The molecule has 0 saturated heterocycles. The third-order valence-electron chi connectivity index (χ3n) is 2.11. The van der Waals surface area contributed by atoms with E-state index in [1.807, 2.05) is 26.0 Å². The third-order valence-corrected chi connectivity index (χ3v) is 2.94. The van der Waals surface area contributed by atoms with Crippen molar-refractivity contribution < 1.29 is 9.53 Å². The summed E-state index contributed by atoms with van der Waals surface area (Å²) in [7, 11) is 0. The van der Waals surface area contributed by atoms with Crippen molar-refractivity contribution >= 4 is 34.5 Å². The van der Waals surface area contributed by atoms with E-state index in [-0.39, 0.29) is 5.91 Å². The number of ether oxygens (including phenoxy) is 1. The van der Waals surface area contributed by atoms with Gasteiger partial charge in [0.15, 0.2) is 0 Å². The molecule has 1 aromatic rings. The molecule has 18 heavy (non-hydrogen) atoms. The number of aromatic nitrogens is 1. The van der Waals surface area contributed by atoms with Crippen LogP contribution in [0, 0.1) is 0 Å². The van der Waals surface area contributed by atoms with Gasteiger partial charge in [0.05, 0.1) is 10.0 Å². The van der Waals surface area contributed by atoms with E-state index in [9.17, 15) is 4.79 Å². The first-order chi connectivity index (χ1) is 8.44. The Labute approximate surface area is 121 Å². The molecule has 1 amide bonds. The van der Waals surface area contributed by atoms with Crippen LogP contribution in [0.25, 0.3) is 0 Å². The fourth-order valence-corrected chi connectivity index (χ4v) is 1.88. The smallest absolute Gasteiger partial charge is 0.228 e. The van der Waals surface area contributed by atoms with Crippen molar-refractivity contribution in [3.8, 4) is 5.88 Å². The zero-order chi connectivity index (χ0) is 13.6. The van der Waals surface area contributed by atoms with Crippen molar-refractivity contribution in [3.05, 3.63) is 22.8 Å². The van der Waals surface area contributed by atoms with Crippen LogP contribution in [-0.2, 0) is 4.79 Å². The zero-order valence-corrected chi connectivity index (χ0v) is 12.9. The Hall–Kier alpha value is -0.750. The van der Waals surface area contributed by atoms with Crippen molar-refractivity contribution in [1.29, 1.82) is 0 Å². The molecule has 1 aromatic heterocycles. The van der Waals surface area contributed by atoms with Crippen LogP contribution in [0.15, 0.2) is 22.8 Å². The minimum Gasteiger partial charge on any atom is -0.474 e. The summed E-state index contributed by atoms with van der Waals surface area (Å²) in [5.41, 5.74) is -0.447. The second-order valence-corrected chi connectivity index (χ2v) is 5.79. The molecule has 0 aliphatic carbocycles. The molecule has 0 unspecified atom stereocenters. The summed E-state index contributed by atoms with van der Waals surface area (Å²) in [5, 5.41) is 2.89. The topological polar surface area (TPSA) is 51.2 Å². The Morgan fingerprint density at radius 1 is 1.61 bits per heavy atom. The van der Waals surface area contributed by atoms with Crippen LogP contribution in [-0.4, -0.2) is 28.8 Å². The summed E-state index contributed by atoms with van der Waals surface area (Å²) in [4.78, 5) is 15.6. The number of carbonyl (C=O) groups is 1. The summed E-state index contributed by atoms with van der Waals surface area (Å²) >= 11 is 7.38.